The minimum atomic E-state index is -0.876. The van der Waals surface area contributed by atoms with E-state index in [1.54, 1.807) is 37.4 Å². The molecule has 0 bridgehead atoms. The van der Waals surface area contributed by atoms with Gasteiger partial charge >= 0.3 is 5.97 Å². The molecule has 1 unspecified atom stereocenters. The summed E-state index contributed by atoms with van der Waals surface area (Å²) in [6, 6.07) is 12.5. The monoisotopic (exact) mass is 491 g/mol. The number of nitrogens with one attached hydrogen (secondary N) is 2. The largest absolute Gasteiger partial charge is 0.493 e. The first-order valence-corrected chi connectivity index (χ1v) is 12.0. The number of hydrogen-bond acceptors (Lipinski definition) is 6. The first-order chi connectivity index (χ1) is 17.4. The number of carbonyl (C=O) groups is 3. The number of ether oxygens (including phenoxy) is 2. The van der Waals surface area contributed by atoms with Crippen molar-refractivity contribution in [2.45, 2.75) is 37.5 Å². The first-order valence-electron chi connectivity index (χ1n) is 12.0. The fourth-order valence-corrected chi connectivity index (χ4v) is 4.89. The SMILES string of the molecule is COCCNC(=O)c1ccc2c(c1)C1(CCO2)C[C@H]1C(=O)Nc1cc(C#N)ccc1CCCC(=O)O. The summed E-state index contributed by atoms with van der Waals surface area (Å²) in [6.45, 7) is 1.30. The summed E-state index contributed by atoms with van der Waals surface area (Å²) in [5.41, 5.74) is 2.70. The van der Waals surface area contributed by atoms with E-state index in [1.807, 2.05) is 6.07 Å². The average molecular weight is 492 g/mol. The van der Waals surface area contributed by atoms with E-state index in [0.29, 0.717) is 68.0 Å². The molecule has 1 fully saturated rings. The van der Waals surface area contributed by atoms with Crippen LogP contribution < -0.4 is 15.4 Å². The van der Waals surface area contributed by atoms with Crippen molar-refractivity contribution < 1.29 is 29.0 Å². The molecule has 1 spiro atoms. The molecule has 9 nitrogen and oxygen atoms in total. The zero-order chi connectivity index (χ0) is 25.7. The molecule has 2 aliphatic rings. The molecule has 2 aromatic rings. The van der Waals surface area contributed by atoms with E-state index in [9.17, 15) is 19.6 Å². The third-order valence-corrected chi connectivity index (χ3v) is 6.90. The lowest BCUT2D eigenvalue weighted by Gasteiger charge is -2.27. The van der Waals surface area contributed by atoms with E-state index < -0.39 is 11.4 Å². The summed E-state index contributed by atoms with van der Waals surface area (Å²) in [5.74, 6) is -0.863. The van der Waals surface area contributed by atoms with Gasteiger partial charge in [-0.15, -0.1) is 0 Å². The first kappa shape index (κ1) is 25.2. The summed E-state index contributed by atoms with van der Waals surface area (Å²) in [7, 11) is 1.57. The van der Waals surface area contributed by atoms with Crippen molar-refractivity contribution in [3.05, 3.63) is 58.7 Å². The number of benzene rings is 2. The van der Waals surface area contributed by atoms with Crippen LogP contribution in [0.5, 0.6) is 5.75 Å². The molecule has 188 valence electrons. The van der Waals surface area contributed by atoms with Gasteiger partial charge in [-0.2, -0.15) is 5.26 Å². The minimum absolute atomic E-state index is 0.0251. The molecule has 0 radical (unpaired) electrons. The van der Waals surface area contributed by atoms with Crippen molar-refractivity contribution in [1.29, 1.82) is 5.26 Å². The number of aliphatic carboxylic acids is 1. The average Bonchev–Trinajstić information content (AvgIpc) is 3.59. The predicted octanol–water partition coefficient (Wildman–Crippen LogP) is 3.02. The third kappa shape index (κ3) is 5.34. The number of amides is 2. The van der Waals surface area contributed by atoms with Crippen LogP contribution in [0.4, 0.5) is 5.69 Å². The highest BCUT2D eigenvalue weighted by molar-refractivity contribution is 5.98. The molecule has 2 amide bonds. The van der Waals surface area contributed by atoms with Crippen LogP contribution in [0.1, 0.15) is 52.7 Å². The Morgan fingerprint density at radius 1 is 1.25 bits per heavy atom. The molecule has 3 N–H and O–H groups in total. The Morgan fingerprint density at radius 2 is 2.08 bits per heavy atom. The lowest BCUT2D eigenvalue weighted by atomic mass is 9.86. The number of anilines is 1. The van der Waals surface area contributed by atoms with E-state index in [2.05, 4.69) is 16.7 Å². The number of hydrogen-bond donors (Lipinski definition) is 3. The molecule has 1 aliphatic carbocycles. The fraction of sp³-hybridized carbons (Fsp3) is 0.407. The summed E-state index contributed by atoms with van der Waals surface area (Å²) < 4.78 is 10.8. The van der Waals surface area contributed by atoms with E-state index in [0.717, 1.165) is 11.1 Å². The van der Waals surface area contributed by atoms with Crippen molar-refractivity contribution in [3.8, 4) is 11.8 Å². The molecule has 0 aromatic heterocycles. The summed E-state index contributed by atoms with van der Waals surface area (Å²) in [6.07, 6.45) is 2.23. The van der Waals surface area contributed by atoms with E-state index in [1.165, 1.54) is 0 Å². The van der Waals surface area contributed by atoms with Gasteiger partial charge in [0, 0.05) is 48.2 Å². The minimum Gasteiger partial charge on any atom is -0.493 e. The molecule has 2 atom stereocenters. The van der Waals surface area contributed by atoms with Crippen LogP contribution >= 0.6 is 0 Å². The fourth-order valence-electron chi connectivity index (χ4n) is 4.89. The standard InChI is InChI=1S/C27H29N3O6/c1-35-12-10-29-25(33)19-7-8-23-20(14-19)27(9-11-36-23)15-21(27)26(34)30-22-13-17(16-28)5-6-18(22)3-2-4-24(31)32/h5-8,13-14,21H,2-4,9-12,15H2,1H3,(H,29,33)(H,30,34)(H,31,32)/t21-,27?/m0/s1. The maximum absolute atomic E-state index is 13.4. The zero-order valence-corrected chi connectivity index (χ0v) is 20.1. The number of carboxylic acid groups (broad SMARTS) is 1. The maximum atomic E-state index is 13.4. The molecule has 2 aromatic carbocycles. The molecule has 9 heteroatoms. The quantitative estimate of drug-likeness (QED) is 0.434. The Balaban J connectivity index is 1.52. The van der Waals surface area contributed by atoms with Gasteiger partial charge in [0.2, 0.25) is 5.91 Å². The van der Waals surface area contributed by atoms with Crippen LogP contribution in [-0.2, 0) is 26.2 Å². The molecule has 4 rings (SSSR count). The third-order valence-electron chi connectivity index (χ3n) is 6.90. The van der Waals surface area contributed by atoms with Gasteiger partial charge < -0.3 is 25.2 Å². The van der Waals surface area contributed by atoms with Crippen molar-refractivity contribution >= 4 is 23.5 Å². The molecule has 1 saturated carbocycles. The second-order valence-electron chi connectivity index (χ2n) is 9.19. The van der Waals surface area contributed by atoms with E-state index in [-0.39, 0.29) is 24.2 Å². The molecular formula is C27H29N3O6. The van der Waals surface area contributed by atoms with Gasteiger partial charge in [-0.1, -0.05) is 6.07 Å². The summed E-state index contributed by atoms with van der Waals surface area (Å²) in [5, 5.41) is 24.1. The number of rotatable bonds is 10. The van der Waals surface area contributed by atoms with Crippen LogP contribution in [-0.4, -0.2) is 49.8 Å². The van der Waals surface area contributed by atoms with Gasteiger partial charge in [0.15, 0.2) is 0 Å². The van der Waals surface area contributed by atoms with E-state index >= 15 is 0 Å². The van der Waals surface area contributed by atoms with Gasteiger partial charge in [0.1, 0.15) is 5.75 Å². The molecular weight excluding hydrogens is 462 g/mol. The van der Waals surface area contributed by atoms with E-state index in [4.69, 9.17) is 14.6 Å². The maximum Gasteiger partial charge on any atom is 0.303 e. The molecule has 1 aliphatic heterocycles. The van der Waals surface area contributed by atoms with Crippen molar-refractivity contribution in [3.63, 3.8) is 0 Å². The molecule has 36 heavy (non-hydrogen) atoms. The smallest absolute Gasteiger partial charge is 0.303 e. The van der Waals surface area contributed by atoms with Crippen LogP contribution in [0.2, 0.25) is 0 Å². The molecule has 0 saturated heterocycles. The van der Waals surface area contributed by atoms with Gasteiger partial charge in [0.05, 0.1) is 24.8 Å². The van der Waals surface area contributed by atoms with Crippen molar-refractivity contribution in [2.24, 2.45) is 5.92 Å². The zero-order valence-electron chi connectivity index (χ0n) is 20.1. The number of carboxylic acids is 1. The number of methoxy groups -OCH3 is 1. The Morgan fingerprint density at radius 3 is 2.83 bits per heavy atom. The normalized spacial score (nSPS) is 19.5. The van der Waals surface area contributed by atoms with Crippen LogP contribution in [0, 0.1) is 17.2 Å². The number of fused-ring (bicyclic) bond motifs is 2. The van der Waals surface area contributed by atoms with Crippen LogP contribution in [0.3, 0.4) is 0 Å². The highest BCUT2D eigenvalue weighted by atomic mass is 16.5. The molecule has 1 heterocycles. The van der Waals surface area contributed by atoms with Gasteiger partial charge in [-0.25, -0.2) is 0 Å². The lowest BCUT2D eigenvalue weighted by Crippen LogP contribution is -2.29. The second-order valence-corrected chi connectivity index (χ2v) is 9.19. The highest BCUT2D eigenvalue weighted by Crippen LogP contribution is 2.61. The number of nitrogens with zero attached hydrogens (tertiary/aromatic N) is 1. The van der Waals surface area contributed by atoms with Crippen molar-refractivity contribution in [2.75, 3.05) is 32.2 Å². The van der Waals surface area contributed by atoms with Gasteiger partial charge in [-0.05, 0) is 61.6 Å². The Kier molecular flexibility index (Phi) is 7.55. The number of carbonyl (C=O) groups excluding carboxylic acids is 2. The summed E-state index contributed by atoms with van der Waals surface area (Å²) in [4.78, 5) is 36.8. The van der Waals surface area contributed by atoms with Gasteiger partial charge in [0.25, 0.3) is 5.91 Å². The van der Waals surface area contributed by atoms with Crippen LogP contribution in [0.25, 0.3) is 0 Å². The Labute approximate surface area is 209 Å². The second kappa shape index (κ2) is 10.8. The Bertz CT molecular complexity index is 1220. The highest BCUT2D eigenvalue weighted by Gasteiger charge is 2.61. The predicted molar refractivity (Wildman–Crippen MR) is 131 cm³/mol. The lowest BCUT2D eigenvalue weighted by molar-refractivity contribution is -0.137. The topological polar surface area (TPSA) is 138 Å². The van der Waals surface area contributed by atoms with Crippen molar-refractivity contribution in [1.82, 2.24) is 5.32 Å². The Hall–Kier alpha value is -3.90. The summed E-state index contributed by atoms with van der Waals surface area (Å²) >= 11 is 0. The number of nitriles is 1. The van der Waals surface area contributed by atoms with Crippen LogP contribution in [0.15, 0.2) is 36.4 Å². The number of aryl methyl sites for hydroxylation is 1. The van der Waals surface area contributed by atoms with Gasteiger partial charge in [-0.3, -0.25) is 14.4 Å².